The van der Waals surface area contributed by atoms with E-state index in [2.05, 4.69) is 42.6 Å². The van der Waals surface area contributed by atoms with Crippen molar-refractivity contribution in [2.24, 2.45) is 0 Å². The van der Waals surface area contributed by atoms with E-state index < -0.39 is 0 Å². The predicted molar refractivity (Wildman–Crippen MR) is 166 cm³/mol. The van der Waals surface area contributed by atoms with Gasteiger partial charge in [-0.2, -0.15) is 10.1 Å². The van der Waals surface area contributed by atoms with Gasteiger partial charge in [0.1, 0.15) is 10.8 Å². The first-order valence-electron chi connectivity index (χ1n) is 14.5. The molecule has 2 aromatic heterocycles. The Labute approximate surface area is 251 Å². The summed E-state index contributed by atoms with van der Waals surface area (Å²) in [6.45, 7) is 5.13. The number of hydrogen-bond donors (Lipinski definition) is 3. The van der Waals surface area contributed by atoms with E-state index in [4.69, 9.17) is 21.3 Å². The standard InChI is InChI=1S/C31H37ClN8O2/c1-42-29-24-7-4-6-23(39-16-14-38(15-17-39)18-19-41)20-22(24)10-11-27(29)36-31-33-21-25(32)30(37-31)35-26-8-2-3-9-28(26)40-13-5-12-34-40/h2-3,5,8-13,21,23,41H,4,6-7,14-20H2,1H3,(H2,33,35,36,37). The van der Waals surface area contributed by atoms with Crippen LogP contribution in [0.3, 0.4) is 0 Å². The molecule has 1 unspecified atom stereocenters. The maximum Gasteiger partial charge on any atom is 0.229 e. The Balaban J connectivity index is 1.20. The summed E-state index contributed by atoms with van der Waals surface area (Å²) in [6, 6.07) is 14.5. The molecule has 3 N–H and O–H groups in total. The highest BCUT2D eigenvalue weighted by atomic mass is 35.5. The quantitative estimate of drug-likeness (QED) is 0.241. The van der Waals surface area contributed by atoms with Crippen molar-refractivity contribution in [3.8, 4) is 11.4 Å². The van der Waals surface area contributed by atoms with Gasteiger partial charge in [-0.25, -0.2) is 9.67 Å². The first-order chi connectivity index (χ1) is 20.6. The van der Waals surface area contributed by atoms with Gasteiger partial charge >= 0.3 is 0 Å². The van der Waals surface area contributed by atoms with Crippen LogP contribution in [0.15, 0.2) is 61.1 Å². The van der Waals surface area contributed by atoms with Crippen LogP contribution in [-0.2, 0) is 12.8 Å². The van der Waals surface area contributed by atoms with E-state index in [1.54, 1.807) is 24.2 Å². The summed E-state index contributed by atoms with van der Waals surface area (Å²) in [7, 11) is 1.73. The number of nitrogens with zero attached hydrogens (tertiary/aromatic N) is 6. The van der Waals surface area contributed by atoms with Crippen molar-refractivity contribution in [2.75, 3.05) is 57.1 Å². The van der Waals surface area contributed by atoms with Gasteiger partial charge in [0.2, 0.25) is 5.95 Å². The number of fused-ring (bicyclic) bond motifs is 1. The highest BCUT2D eigenvalue weighted by Gasteiger charge is 2.28. The minimum Gasteiger partial charge on any atom is -0.494 e. The molecule has 0 bridgehead atoms. The second kappa shape index (κ2) is 13.1. The lowest BCUT2D eigenvalue weighted by molar-refractivity contribution is 0.0805. The van der Waals surface area contributed by atoms with Crippen LogP contribution >= 0.6 is 11.6 Å². The number of nitrogens with one attached hydrogen (secondary N) is 2. The van der Waals surface area contributed by atoms with E-state index in [9.17, 15) is 5.11 Å². The van der Waals surface area contributed by atoms with Gasteiger partial charge in [-0.1, -0.05) is 29.8 Å². The van der Waals surface area contributed by atoms with Gasteiger partial charge in [0.15, 0.2) is 5.82 Å². The van der Waals surface area contributed by atoms with E-state index in [-0.39, 0.29) is 6.61 Å². The molecule has 0 saturated carbocycles. The fraction of sp³-hybridized carbons (Fsp3) is 0.387. The molecule has 6 rings (SSSR count). The van der Waals surface area contributed by atoms with Crippen molar-refractivity contribution < 1.29 is 9.84 Å². The van der Waals surface area contributed by atoms with E-state index in [1.807, 2.05) is 36.5 Å². The van der Waals surface area contributed by atoms with Crippen molar-refractivity contribution in [3.05, 3.63) is 77.2 Å². The molecule has 0 spiro atoms. The Kier molecular flexibility index (Phi) is 8.85. The molecule has 4 aromatic rings. The fourth-order valence-electron chi connectivity index (χ4n) is 6.09. The van der Waals surface area contributed by atoms with Crippen LogP contribution in [-0.4, -0.2) is 87.1 Å². The number of benzene rings is 2. The van der Waals surface area contributed by atoms with Crippen molar-refractivity contribution >= 4 is 34.7 Å². The van der Waals surface area contributed by atoms with Gasteiger partial charge in [0.25, 0.3) is 0 Å². The van der Waals surface area contributed by atoms with Crippen LogP contribution < -0.4 is 15.4 Å². The van der Waals surface area contributed by atoms with Crippen LogP contribution in [0.4, 0.5) is 23.1 Å². The molecule has 42 heavy (non-hydrogen) atoms. The Bertz CT molecular complexity index is 1490. The number of β-amino-alcohol motifs (C(OH)–C–C–N with tert-alkyl or cyclic N) is 1. The van der Waals surface area contributed by atoms with Crippen molar-refractivity contribution in [3.63, 3.8) is 0 Å². The zero-order chi connectivity index (χ0) is 28.9. The Morgan fingerprint density at radius 3 is 2.69 bits per heavy atom. The minimum atomic E-state index is 0.228. The van der Waals surface area contributed by atoms with Crippen molar-refractivity contribution in [2.45, 2.75) is 31.7 Å². The van der Waals surface area contributed by atoms with Crippen molar-refractivity contribution in [1.29, 1.82) is 0 Å². The van der Waals surface area contributed by atoms with E-state index in [0.29, 0.717) is 22.8 Å². The first kappa shape index (κ1) is 28.4. The third-order valence-electron chi connectivity index (χ3n) is 8.22. The van der Waals surface area contributed by atoms with Gasteiger partial charge in [-0.15, -0.1) is 0 Å². The van der Waals surface area contributed by atoms with Gasteiger partial charge in [-0.3, -0.25) is 9.80 Å². The summed E-state index contributed by atoms with van der Waals surface area (Å²) in [5, 5.41) is 20.8. The molecule has 1 aliphatic carbocycles. The van der Waals surface area contributed by atoms with E-state index in [1.165, 1.54) is 11.1 Å². The summed E-state index contributed by atoms with van der Waals surface area (Å²) in [6.07, 6.45) is 9.47. The first-order valence-corrected chi connectivity index (χ1v) is 14.9. The number of anilines is 4. The number of para-hydroxylation sites is 2. The smallest absolute Gasteiger partial charge is 0.229 e. The molecule has 220 valence electrons. The zero-order valence-corrected chi connectivity index (χ0v) is 24.6. The second-order valence-corrected chi connectivity index (χ2v) is 11.2. The Hall–Kier alpha value is -3.70. The number of aromatic nitrogens is 4. The van der Waals surface area contributed by atoms with Gasteiger partial charge in [0, 0.05) is 51.2 Å². The maximum absolute atomic E-state index is 9.28. The monoisotopic (exact) mass is 588 g/mol. The molecule has 10 nitrogen and oxygen atoms in total. The summed E-state index contributed by atoms with van der Waals surface area (Å²) in [5.74, 6) is 1.76. The second-order valence-electron chi connectivity index (χ2n) is 10.7. The van der Waals surface area contributed by atoms with Crippen LogP contribution in [0, 0.1) is 0 Å². The highest BCUT2D eigenvalue weighted by Crippen LogP contribution is 2.38. The summed E-state index contributed by atoms with van der Waals surface area (Å²) in [4.78, 5) is 14.1. The molecule has 1 saturated heterocycles. The molecule has 0 amide bonds. The van der Waals surface area contributed by atoms with Crippen LogP contribution in [0.1, 0.15) is 24.0 Å². The summed E-state index contributed by atoms with van der Waals surface area (Å²) in [5.41, 5.74) is 5.12. The maximum atomic E-state index is 9.28. The highest BCUT2D eigenvalue weighted by molar-refractivity contribution is 6.33. The van der Waals surface area contributed by atoms with Gasteiger partial charge in [0.05, 0.1) is 37.0 Å². The molecule has 1 aliphatic heterocycles. The molecule has 3 heterocycles. The normalized spacial score (nSPS) is 17.8. The third-order valence-corrected chi connectivity index (χ3v) is 8.50. The molecule has 0 radical (unpaired) electrons. The largest absolute Gasteiger partial charge is 0.494 e. The molecule has 2 aliphatic rings. The zero-order valence-electron chi connectivity index (χ0n) is 23.8. The third kappa shape index (κ3) is 6.22. The number of ether oxygens (including phenoxy) is 1. The lowest BCUT2D eigenvalue weighted by atomic mass is 9.98. The van der Waals surface area contributed by atoms with E-state index in [0.717, 1.165) is 81.2 Å². The number of rotatable bonds is 9. The van der Waals surface area contributed by atoms with Crippen LogP contribution in [0.25, 0.3) is 5.69 Å². The average Bonchev–Trinajstić information content (AvgIpc) is 3.46. The van der Waals surface area contributed by atoms with Crippen LogP contribution in [0.5, 0.6) is 5.75 Å². The average molecular weight is 589 g/mol. The van der Waals surface area contributed by atoms with E-state index >= 15 is 0 Å². The van der Waals surface area contributed by atoms with Crippen LogP contribution in [0.2, 0.25) is 5.02 Å². The Morgan fingerprint density at radius 2 is 1.90 bits per heavy atom. The lowest BCUT2D eigenvalue weighted by Crippen LogP contribution is -2.51. The molecular weight excluding hydrogens is 552 g/mol. The number of aliphatic hydroxyl groups is 1. The topological polar surface area (TPSA) is 104 Å². The minimum absolute atomic E-state index is 0.228. The van der Waals surface area contributed by atoms with Crippen molar-refractivity contribution in [1.82, 2.24) is 29.5 Å². The van der Waals surface area contributed by atoms with Gasteiger partial charge < -0.3 is 20.5 Å². The molecule has 11 heteroatoms. The molecule has 1 atom stereocenters. The summed E-state index contributed by atoms with van der Waals surface area (Å²) >= 11 is 6.52. The SMILES string of the molecule is COc1c(Nc2ncc(Cl)c(Nc3ccccc3-n3cccn3)n2)ccc2c1CCCC(N1CCN(CCO)CC1)C2. The number of halogens is 1. The number of hydrogen-bond acceptors (Lipinski definition) is 9. The molecule has 1 fully saturated rings. The number of aliphatic hydroxyl groups excluding tert-OH is 1. The number of methoxy groups -OCH3 is 1. The molecule has 2 aromatic carbocycles. The number of piperazine rings is 1. The summed E-state index contributed by atoms with van der Waals surface area (Å²) < 4.78 is 7.78. The lowest BCUT2D eigenvalue weighted by Gasteiger charge is -2.39. The fourth-order valence-corrected chi connectivity index (χ4v) is 6.23. The predicted octanol–water partition coefficient (Wildman–Crippen LogP) is 4.67. The van der Waals surface area contributed by atoms with Gasteiger partial charge in [-0.05, 0) is 61.1 Å². The Morgan fingerprint density at radius 1 is 1.05 bits per heavy atom. The molecular formula is C31H37ClN8O2.